The quantitative estimate of drug-likeness (QED) is 0.374. The summed E-state index contributed by atoms with van der Waals surface area (Å²) in [5.74, 6) is 2.06. The van der Waals surface area contributed by atoms with E-state index in [1.165, 1.54) is 12.1 Å². The highest BCUT2D eigenvalue weighted by Gasteiger charge is 2.11. The minimum atomic E-state index is -0.427. The van der Waals surface area contributed by atoms with Crippen LogP contribution < -0.4 is 14.8 Å². The Balaban J connectivity index is 1.64. The number of furan rings is 1. The van der Waals surface area contributed by atoms with Crippen LogP contribution in [0.25, 0.3) is 0 Å². The highest BCUT2D eigenvalue weighted by Crippen LogP contribution is 2.34. The molecule has 1 N–H and O–H groups in total. The number of rotatable bonds is 9. The van der Waals surface area contributed by atoms with Crippen LogP contribution in [0.2, 0.25) is 0 Å². The van der Waals surface area contributed by atoms with Gasteiger partial charge in [-0.25, -0.2) is 0 Å². The van der Waals surface area contributed by atoms with Gasteiger partial charge in [-0.15, -0.1) is 0 Å². The van der Waals surface area contributed by atoms with Gasteiger partial charge >= 0.3 is 0 Å². The topological polar surface area (TPSA) is 86.8 Å². The first-order valence-electron chi connectivity index (χ1n) is 8.52. The van der Waals surface area contributed by atoms with Gasteiger partial charge in [-0.1, -0.05) is 15.9 Å². The standard InChI is InChI=1S/C20H19BrN2O5/c1-26-19-9-15(11-22-12-17-3-2-8-27-17)18(21)10-20(19)28-13-14-4-6-16(7-5-14)23(24)25/h2-10,22H,11-13H2,1H3. The van der Waals surface area contributed by atoms with Crippen molar-refractivity contribution in [2.45, 2.75) is 19.7 Å². The van der Waals surface area contributed by atoms with E-state index >= 15 is 0 Å². The molecule has 0 unspecified atom stereocenters. The number of hydrogen-bond acceptors (Lipinski definition) is 6. The Morgan fingerprint density at radius 3 is 2.57 bits per heavy atom. The van der Waals surface area contributed by atoms with Crippen LogP contribution in [0.15, 0.2) is 63.7 Å². The van der Waals surface area contributed by atoms with Crippen molar-refractivity contribution in [1.29, 1.82) is 0 Å². The summed E-state index contributed by atoms with van der Waals surface area (Å²) in [6, 6.07) is 13.8. The maximum absolute atomic E-state index is 10.7. The number of halogens is 1. The van der Waals surface area contributed by atoms with E-state index in [2.05, 4.69) is 21.2 Å². The third kappa shape index (κ3) is 5.11. The number of methoxy groups -OCH3 is 1. The molecule has 0 aliphatic carbocycles. The van der Waals surface area contributed by atoms with Crippen LogP contribution in [0, 0.1) is 10.1 Å². The van der Waals surface area contributed by atoms with Crippen molar-refractivity contribution < 1.29 is 18.8 Å². The van der Waals surface area contributed by atoms with Gasteiger partial charge in [0.2, 0.25) is 0 Å². The summed E-state index contributed by atoms with van der Waals surface area (Å²) in [7, 11) is 1.59. The Hall–Kier alpha value is -2.84. The summed E-state index contributed by atoms with van der Waals surface area (Å²) in [5.41, 5.74) is 1.90. The predicted octanol–water partition coefficient (Wildman–Crippen LogP) is 4.83. The normalized spacial score (nSPS) is 10.6. The molecule has 0 fully saturated rings. The lowest BCUT2D eigenvalue weighted by molar-refractivity contribution is -0.384. The summed E-state index contributed by atoms with van der Waals surface area (Å²) < 4.78 is 17.5. The van der Waals surface area contributed by atoms with Crippen molar-refractivity contribution in [3.63, 3.8) is 0 Å². The molecule has 0 atom stereocenters. The average molecular weight is 447 g/mol. The molecule has 0 amide bonds. The van der Waals surface area contributed by atoms with E-state index < -0.39 is 4.92 Å². The van der Waals surface area contributed by atoms with Crippen LogP contribution in [0.1, 0.15) is 16.9 Å². The molecule has 2 aromatic carbocycles. The summed E-state index contributed by atoms with van der Waals surface area (Å²) in [6.45, 7) is 1.53. The van der Waals surface area contributed by atoms with Gasteiger partial charge in [0, 0.05) is 23.2 Å². The van der Waals surface area contributed by atoms with Gasteiger partial charge in [0.05, 0.1) is 24.8 Å². The molecule has 0 saturated heterocycles. The minimum Gasteiger partial charge on any atom is -0.493 e. The third-order valence-electron chi connectivity index (χ3n) is 4.07. The molecule has 3 rings (SSSR count). The molecule has 0 bridgehead atoms. The average Bonchev–Trinajstić information content (AvgIpc) is 3.21. The molecular formula is C20H19BrN2O5. The van der Waals surface area contributed by atoms with Gasteiger partial charge in [0.1, 0.15) is 12.4 Å². The number of hydrogen-bond donors (Lipinski definition) is 1. The monoisotopic (exact) mass is 446 g/mol. The van der Waals surface area contributed by atoms with Gasteiger partial charge in [-0.3, -0.25) is 10.1 Å². The predicted molar refractivity (Wildman–Crippen MR) is 107 cm³/mol. The molecule has 3 aromatic rings. The van der Waals surface area contributed by atoms with Crippen LogP contribution in [-0.4, -0.2) is 12.0 Å². The second-order valence-corrected chi connectivity index (χ2v) is 6.84. The summed E-state index contributed by atoms with van der Waals surface area (Å²) in [6.07, 6.45) is 1.65. The summed E-state index contributed by atoms with van der Waals surface area (Å²) in [4.78, 5) is 10.3. The van der Waals surface area contributed by atoms with E-state index in [0.29, 0.717) is 24.6 Å². The van der Waals surface area contributed by atoms with E-state index in [9.17, 15) is 10.1 Å². The molecule has 0 radical (unpaired) electrons. The molecule has 28 heavy (non-hydrogen) atoms. The number of nitrogens with one attached hydrogen (secondary N) is 1. The number of benzene rings is 2. The fourth-order valence-electron chi connectivity index (χ4n) is 2.59. The lowest BCUT2D eigenvalue weighted by Crippen LogP contribution is -2.12. The molecule has 8 heteroatoms. The van der Waals surface area contributed by atoms with Crippen LogP contribution in [0.4, 0.5) is 5.69 Å². The van der Waals surface area contributed by atoms with Crippen molar-refractivity contribution in [3.05, 3.63) is 86.3 Å². The van der Waals surface area contributed by atoms with Crippen LogP contribution in [-0.2, 0) is 19.7 Å². The lowest BCUT2D eigenvalue weighted by Gasteiger charge is -2.14. The first kappa shape index (κ1) is 19.9. The van der Waals surface area contributed by atoms with Crippen LogP contribution in [0.5, 0.6) is 11.5 Å². The maximum Gasteiger partial charge on any atom is 0.269 e. The fourth-order valence-corrected chi connectivity index (χ4v) is 3.06. The number of nitrogens with zero attached hydrogens (tertiary/aromatic N) is 1. The van der Waals surface area contributed by atoms with Crippen molar-refractivity contribution in [1.82, 2.24) is 5.32 Å². The molecule has 0 aliphatic rings. The van der Waals surface area contributed by atoms with Crippen molar-refractivity contribution in [3.8, 4) is 11.5 Å². The Bertz CT molecular complexity index is 927. The SMILES string of the molecule is COc1cc(CNCc2ccco2)c(Br)cc1OCc1ccc([N+](=O)[O-])cc1. The summed E-state index contributed by atoms with van der Waals surface area (Å²) >= 11 is 3.57. The highest BCUT2D eigenvalue weighted by molar-refractivity contribution is 9.10. The summed E-state index contributed by atoms with van der Waals surface area (Å²) in [5, 5.41) is 14.0. The van der Waals surface area contributed by atoms with E-state index in [4.69, 9.17) is 13.9 Å². The van der Waals surface area contributed by atoms with Crippen LogP contribution >= 0.6 is 15.9 Å². The Morgan fingerprint density at radius 1 is 1.14 bits per heavy atom. The fraction of sp³-hybridized carbons (Fsp3) is 0.200. The molecular weight excluding hydrogens is 428 g/mol. The second-order valence-electron chi connectivity index (χ2n) is 5.99. The van der Waals surface area contributed by atoms with Crippen molar-refractivity contribution >= 4 is 21.6 Å². The van der Waals surface area contributed by atoms with E-state index in [-0.39, 0.29) is 12.3 Å². The zero-order valence-corrected chi connectivity index (χ0v) is 16.8. The van der Waals surface area contributed by atoms with E-state index in [1.807, 2.05) is 24.3 Å². The van der Waals surface area contributed by atoms with Crippen LogP contribution in [0.3, 0.4) is 0 Å². The Kier molecular flexibility index (Phi) is 6.67. The third-order valence-corrected chi connectivity index (χ3v) is 4.81. The molecule has 146 valence electrons. The molecule has 0 aliphatic heterocycles. The molecule has 0 spiro atoms. The van der Waals surface area contributed by atoms with Gasteiger partial charge in [0.25, 0.3) is 5.69 Å². The molecule has 1 heterocycles. The number of nitro groups is 1. The van der Waals surface area contributed by atoms with Gasteiger partial charge in [0.15, 0.2) is 11.5 Å². The number of non-ortho nitro benzene ring substituents is 1. The smallest absolute Gasteiger partial charge is 0.269 e. The lowest BCUT2D eigenvalue weighted by atomic mass is 10.2. The van der Waals surface area contributed by atoms with Crippen molar-refractivity contribution in [2.75, 3.05) is 7.11 Å². The van der Waals surface area contributed by atoms with Gasteiger partial charge < -0.3 is 19.2 Å². The molecule has 1 aromatic heterocycles. The molecule has 0 saturated carbocycles. The number of nitro benzene ring substituents is 1. The Labute approximate surface area is 170 Å². The van der Waals surface area contributed by atoms with E-state index in [0.717, 1.165) is 21.4 Å². The van der Waals surface area contributed by atoms with Gasteiger partial charge in [-0.05, 0) is 47.5 Å². The maximum atomic E-state index is 10.7. The number of ether oxygens (including phenoxy) is 2. The first-order valence-corrected chi connectivity index (χ1v) is 9.31. The van der Waals surface area contributed by atoms with E-state index in [1.54, 1.807) is 25.5 Å². The Morgan fingerprint density at radius 2 is 1.93 bits per heavy atom. The van der Waals surface area contributed by atoms with Gasteiger partial charge in [-0.2, -0.15) is 0 Å². The zero-order chi connectivity index (χ0) is 19.9. The highest BCUT2D eigenvalue weighted by atomic mass is 79.9. The largest absolute Gasteiger partial charge is 0.493 e. The molecule has 7 nitrogen and oxygen atoms in total. The second kappa shape index (κ2) is 9.38. The zero-order valence-electron chi connectivity index (χ0n) is 15.2. The minimum absolute atomic E-state index is 0.0514. The van der Waals surface area contributed by atoms with Crippen molar-refractivity contribution in [2.24, 2.45) is 0 Å². The first-order chi connectivity index (χ1) is 13.6.